The summed E-state index contributed by atoms with van der Waals surface area (Å²) >= 11 is 0. The zero-order valence-corrected chi connectivity index (χ0v) is 12.2. The Bertz CT molecular complexity index is 600. The number of rotatable bonds is 6. The summed E-state index contributed by atoms with van der Waals surface area (Å²) in [7, 11) is -4.18. The van der Waals surface area contributed by atoms with Gasteiger partial charge in [0.25, 0.3) is 0 Å². The van der Waals surface area contributed by atoms with Gasteiger partial charge in [0.1, 0.15) is 12.4 Å². The molecule has 0 radical (unpaired) electrons. The third-order valence-electron chi connectivity index (χ3n) is 2.99. The van der Waals surface area contributed by atoms with Crippen LogP contribution in [0.5, 0.6) is 0 Å². The summed E-state index contributed by atoms with van der Waals surface area (Å²) in [5.74, 6) is 0.321. The van der Waals surface area contributed by atoms with E-state index in [9.17, 15) is 21.6 Å². The van der Waals surface area contributed by atoms with Crippen LogP contribution in [0.1, 0.15) is 19.8 Å². The Morgan fingerprint density at radius 3 is 2.62 bits per heavy atom. The maximum absolute atomic E-state index is 12.6. The van der Waals surface area contributed by atoms with Crippen molar-refractivity contribution in [2.75, 3.05) is 18.4 Å². The molecule has 0 atom stereocenters. The monoisotopic (exact) mass is 323 g/mol. The molecule has 0 spiro atoms. The maximum Gasteiger partial charge on any atom is 0.402 e. The van der Waals surface area contributed by atoms with Crippen molar-refractivity contribution in [1.29, 1.82) is 0 Å². The van der Waals surface area contributed by atoms with Crippen LogP contribution in [-0.4, -0.2) is 43.0 Å². The van der Waals surface area contributed by atoms with Crippen LogP contribution in [0.15, 0.2) is 23.2 Å². The molecule has 0 aliphatic heterocycles. The van der Waals surface area contributed by atoms with E-state index in [2.05, 4.69) is 10.3 Å². The fraction of sp³-hybridized carbons (Fsp3) is 0.583. The fourth-order valence-electron chi connectivity index (χ4n) is 1.93. The van der Waals surface area contributed by atoms with E-state index in [0.29, 0.717) is 29.5 Å². The molecule has 1 fully saturated rings. The first kappa shape index (κ1) is 16.0. The molecule has 1 heterocycles. The molecular weight excluding hydrogens is 307 g/mol. The van der Waals surface area contributed by atoms with E-state index >= 15 is 0 Å². The highest BCUT2D eigenvalue weighted by Gasteiger charge is 2.44. The molecule has 1 aromatic heterocycles. The largest absolute Gasteiger partial charge is 0.402 e. The number of alkyl halides is 3. The molecule has 1 aliphatic rings. The Labute approximate surface area is 121 Å². The lowest BCUT2D eigenvalue weighted by molar-refractivity contribution is -0.137. The molecule has 1 saturated carbocycles. The summed E-state index contributed by atoms with van der Waals surface area (Å²) < 4.78 is 63.2. The molecule has 1 N–H and O–H groups in total. The highest BCUT2D eigenvalue weighted by atomic mass is 32.2. The standard InChI is InChI=1S/C12H16F3N3O2S/c1-2-16-11-7-10(5-6-17-11)21(19,20)18(9-3-4-9)8-12(13,14)15/h5-7,9H,2-4,8H2,1H3,(H,16,17). The average Bonchev–Trinajstić information content (AvgIpc) is 3.20. The minimum absolute atomic E-state index is 0.176. The van der Waals surface area contributed by atoms with Gasteiger partial charge in [-0.3, -0.25) is 0 Å². The molecule has 118 valence electrons. The third-order valence-corrected chi connectivity index (χ3v) is 4.88. The Morgan fingerprint density at radius 2 is 2.10 bits per heavy atom. The van der Waals surface area contributed by atoms with Gasteiger partial charge in [-0.05, 0) is 25.8 Å². The van der Waals surface area contributed by atoms with Crippen LogP contribution in [0, 0.1) is 0 Å². The van der Waals surface area contributed by atoms with E-state index in [4.69, 9.17) is 0 Å². The van der Waals surface area contributed by atoms with Crippen LogP contribution < -0.4 is 5.32 Å². The first-order valence-electron chi connectivity index (χ1n) is 6.52. The molecule has 0 amide bonds. The van der Waals surface area contributed by atoms with Gasteiger partial charge in [0.15, 0.2) is 0 Å². The summed E-state index contributed by atoms with van der Waals surface area (Å²) in [4.78, 5) is 3.74. The van der Waals surface area contributed by atoms with Crippen LogP contribution in [0.3, 0.4) is 0 Å². The Hall–Kier alpha value is -1.35. The lowest BCUT2D eigenvalue weighted by Crippen LogP contribution is -2.40. The quantitative estimate of drug-likeness (QED) is 0.872. The molecule has 0 bridgehead atoms. The molecule has 1 aromatic rings. The van der Waals surface area contributed by atoms with Crippen molar-refractivity contribution < 1.29 is 21.6 Å². The number of nitrogens with one attached hydrogen (secondary N) is 1. The van der Waals surface area contributed by atoms with Crippen molar-refractivity contribution in [2.24, 2.45) is 0 Å². The van der Waals surface area contributed by atoms with Gasteiger partial charge in [-0.15, -0.1) is 0 Å². The van der Waals surface area contributed by atoms with Gasteiger partial charge in [0.2, 0.25) is 10.0 Å². The van der Waals surface area contributed by atoms with Gasteiger partial charge in [-0.2, -0.15) is 17.5 Å². The van der Waals surface area contributed by atoms with E-state index in [-0.39, 0.29) is 4.90 Å². The smallest absolute Gasteiger partial charge is 0.370 e. The van der Waals surface area contributed by atoms with E-state index in [1.165, 1.54) is 18.3 Å². The minimum Gasteiger partial charge on any atom is -0.370 e. The van der Waals surface area contributed by atoms with Crippen molar-refractivity contribution in [3.05, 3.63) is 18.3 Å². The number of nitrogens with zero attached hydrogens (tertiary/aromatic N) is 2. The van der Waals surface area contributed by atoms with Crippen molar-refractivity contribution in [2.45, 2.75) is 36.9 Å². The van der Waals surface area contributed by atoms with E-state index < -0.39 is 28.8 Å². The lowest BCUT2D eigenvalue weighted by Gasteiger charge is -2.23. The summed E-state index contributed by atoms with van der Waals surface area (Å²) in [5, 5.41) is 2.84. The first-order chi connectivity index (χ1) is 9.74. The lowest BCUT2D eigenvalue weighted by atomic mass is 10.4. The van der Waals surface area contributed by atoms with E-state index in [1.54, 1.807) is 0 Å². The number of hydrogen-bond donors (Lipinski definition) is 1. The first-order valence-corrected chi connectivity index (χ1v) is 7.96. The van der Waals surface area contributed by atoms with Gasteiger partial charge in [-0.25, -0.2) is 13.4 Å². The van der Waals surface area contributed by atoms with Gasteiger partial charge >= 0.3 is 6.18 Å². The number of halogens is 3. The fourth-order valence-corrected chi connectivity index (χ4v) is 3.62. The van der Waals surface area contributed by atoms with Crippen LogP contribution in [-0.2, 0) is 10.0 Å². The van der Waals surface area contributed by atoms with E-state index in [0.717, 1.165) is 0 Å². The zero-order valence-electron chi connectivity index (χ0n) is 11.4. The summed E-state index contributed by atoms with van der Waals surface area (Å²) in [6.07, 6.45) is -2.38. The predicted octanol–water partition coefficient (Wildman–Crippen LogP) is 2.23. The Balaban J connectivity index is 2.32. The van der Waals surface area contributed by atoms with Crippen molar-refractivity contribution in [3.8, 4) is 0 Å². The van der Waals surface area contributed by atoms with Crippen LogP contribution in [0.4, 0.5) is 19.0 Å². The normalized spacial score (nSPS) is 16.2. The number of aromatic nitrogens is 1. The van der Waals surface area contributed by atoms with Crippen molar-refractivity contribution in [3.63, 3.8) is 0 Å². The maximum atomic E-state index is 12.6. The van der Waals surface area contributed by atoms with Gasteiger partial charge in [0.05, 0.1) is 4.90 Å². The van der Waals surface area contributed by atoms with Gasteiger partial charge in [0, 0.05) is 24.8 Å². The molecular formula is C12H16F3N3O2S. The Morgan fingerprint density at radius 1 is 1.43 bits per heavy atom. The number of sulfonamides is 1. The third kappa shape index (κ3) is 4.07. The van der Waals surface area contributed by atoms with Crippen molar-refractivity contribution in [1.82, 2.24) is 9.29 Å². The number of hydrogen-bond acceptors (Lipinski definition) is 4. The molecule has 0 saturated heterocycles. The zero-order chi connectivity index (χ0) is 15.7. The van der Waals surface area contributed by atoms with Crippen LogP contribution >= 0.6 is 0 Å². The predicted molar refractivity (Wildman–Crippen MR) is 71.4 cm³/mol. The Kier molecular flexibility index (Phi) is 4.43. The SMILES string of the molecule is CCNc1cc(S(=O)(=O)N(CC(F)(F)F)C2CC2)ccn1. The molecule has 1 aliphatic carbocycles. The van der Waals surface area contributed by atoms with Crippen molar-refractivity contribution >= 4 is 15.8 Å². The highest BCUT2D eigenvalue weighted by Crippen LogP contribution is 2.34. The van der Waals surface area contributed by atoms with E-state index in [1.807, 2.05) is 6.92 Å². The molecule has 5 nitrogen and oxygen atoms in total. The number of pyridine rings is 1. The average molecular weight is 323 g/mol. The minimum atomic E-state index is -4.56. The number of anilines is 1. The molecule has 0 unspecified atom stereocenters. The second-order valence-corrected chi connectivity index (χ2v) is 6.69. The molecule has 2 rings (SSSR count). The van der Waals surface area contributed by atoms with Crippen LogP contribution in [0.2, 0.25) is 0 Å². The topological polar surface area (TPSA) is 62.3 Å². The van der Waals surface area contributed by atoms with Gasteiger partial charge < -0.3 is 5.32 Å². The molecule has 21 heavy (non-hydrogen) atoms. The van der Waals surface area contributed by atoms with Crippen LogP contribution in [0.25, 0.3) is 0 Å². The summed E-state index contributed by atoms with van der Waals surface area (Å²) in [5.41, 5.74) is 0. The summed E-state index contributed by atoms with van der Waals surface area (Å²) in [6, 6.07) is 1.90. The second kappa shape index (κ2) is 5.80. The molecule has 9 heteroatoms. The second-order valence-electron chi connectivity index (χ2n) is 4.80. The molecule has 0 aromatic carbocycles. The highest BCUT2D eigenvalue weighted by molar-refractivity contribution is 7.89. The summed E-state index contributed by atoms with van der Waals surface area (Å²) in [6.45, 7) is 0.882. The van der Waals surface area contributed by atoms with Gasteiger partial charge in [-0.1, -0.05) is 0 Å².